The first-order chi connectivity index (χ1) is 9.66. The predicted molar refractivity (Wildman–Crippen MR) is 74.9 cm³/mol. The Kier molecular flexibility index (Phi) is 3.55. The zero-order valence-electron chi connectivity index (χ0n) is 11.6. The molecule has 0 radical (unpaired) electrons. The summed E-state index contributed by atoms with van der Waals surface area (Å²) in [6.45, 7) is 0.139. The number of fused-ring (bicyclic) bond motifs is 1. The van der Waals surface area contributed by atoms with Crippen molar-refractivity contribution in [1.29, 1.82) is 0 Å². The molecule has 4 nitrogen and oxygen atoms in total. The van der Waals surface area contributed by atoms with Crippen LogP contribution in [0.25, 0.3) is 0 Å². The van der Waals surface area contributed by atoms with Gasteiger partial charge < -0.3 is 4.57 Å². The van der Waals surface area contributed by atoms with E-state index in [0.717, 1.165) is 44.2 Å². The van der Waals surface area contributed by atoms with Gasteiger partial charge in [0, 0.05) is 29.7 Å². The quantitative estimate of drug-likeness (QED) is 0.847. The van der Waals surface area contributed by atoms with Crippen molar-refractivity contribution in [3.63, 3.8) is 0 Å². The number of nitrogens with zero attached hydrogens (tertiary/aromatic N) is 1. The van der Waals surface area contributed by atoms with Gasteiger partial charge in [0.2, 0.25) is 0 Å². The molecule has 1 aromatic rings. The monoisotopic (exact) mass is 273 g/mol. The molecule has 0 unspecified atom stereocenters. The van der Waals surface area contributed by atoms with Crippen LogP contribution in [0.5, 0.6) is 0 Å². The number of pyridine rings is 1. The summed E-state index contributed by atoms with van der Waals surface area (Å²) in [6, 6.07) is 3.04. The van der Waals surface area contributed by atoms with Crippen molar-refractivity contribution in [2.75, 3.05) is 0 Å². The maximum Gasteiger partial charge on any atom is 0.251 e. The number of carbonyl (C=O) groups excluding carboxylic acids is 2. The fourth-order valence-corrected chi connectivity index (χ4v) is 3.40. The molecule has 3 rings (SSSR count). The lowest BCUT2D eigenvalue weighted by atomic mass is 9.94. The van der Waals surface area contributed by atoms with Crippen LogP contribution in [0.1, 0.15) is 54.6 Å². The van der Waals surface area contributed by atoms with Crippen molar-refractivity contribution < 1.29 is 9.59 Å². The fourth-order valence-electron chi connectivity index (χ4n) is 3.40. The maximum absolute atomic E-state index is 12.3. The lowest BCUT2D eigenvalue weighted by Gasteiger charge is -2.20. The van der Waals surface area contributed by atoms with Crippen molar-refractivity contribution >= 4 is 11.6 Å². The Morgan fingerprint density at radius 2 is 1.85 bits per heavy atom. The van der Waals surface area contributed by atoms with Gasteiger partial charge in [-0.05, 0) is 31.7 Å². The lowest BCUT2D eigenvalue weighted by molar-refractivity contribution is -0.123. The van der Waals surface area contributed by atoms with Gasteiger partial charge in [-0.25, -0.2) is 0 Å². The molecule has 106 valence electrons. The van der Waals surface area contributed by atoms with E-state index < -0.39 is 0 Å². The molecule has 4 heteroatoms. The Hall–Kier alpha value is -1.71. The Bertz CT molecular complexity index is 609. The minimum absolute atomic E-state index is 0.0910. The second-order valence-corrected chi connectivity index (χ2v) is 5.84. The third-order valence-corrected chi connectivity index (χ3v) is 4.54. The molecule has 0 atom stereocenters. The molecular formula is C16H19NO3. The third kappa shape index (κ3) is 2.35. The van der Waals surface area contributed by atoms with Crippen LogP contribution >= 0.6 is 0 Å². The van der Waals surface area contributed by atoms with Crippen LogP contribution in [0, 0.1) is 5.92 Å². The van der Waals surface area contributed by atoms with Gasteiger partial charge in [0.15, 0.2) is 11.6 Å². The second kappa shape index (κ2) is 5.35. The van der Waals surface area contributed by atoms with E-state index in [2.05, 4.69) is 0 Å². The normalized spacial score (nSPS) is 19.1. The molecule has 0 aliphatic heterocycles. The highest BCUT2D eigenvalue weighted by Gasteiger charge is 2.26. The second-order valence-electron chi connectivity index (χ2n) is 5.84. The van der Waals surface area contributed by atoms with Gasteiger partial charge >= 0.3 is 0 Å². The Morgan fingerprint density at radius 1 is 1.10 bits per heavy atom. The molecule has 1 fully saturated rings. The van der Waals surface area contributed by atoms with Gasteiger partial charge in [0.25, 0.3) is 5.56 Å². The molecule has 2 aliphatic carbocycles. The summed E-state index contributed by atoms with van der Waals surface area (Å²) in [5.74, 6) is 0.349. The highest BCUT2D eigenvalue weighted by molar-refractivity contribution is 5.98. The zero-order chi connectivity index (χ0) is 14.1. The summed E-state index contributed by atoms with van der Waals surface area (Å²) < 4.78 is 1.53. The van der Waals surface area contributed by atoms with E-state index in [9.17, 15) is 14.4 Å². The largest absolute Gasteiger partial charge is 0.304 e. The van der Waals surface area contributed by atoms with Crippen LogP contribution in [-0.2, 0) is 17.8 Å². The van der Waals surface area contributed by atoms with E-state index in [1.165, 1.54) is 10.6 Å². The van der Waals surface area contributed by atoms with E-state index >= 15 is 0 Å². The minimum atomic E-state index is -0.162. The lowest BCUT2D eigenvalue weighted by Crippen LogP contribution is -2.32. The first kappa shape index (κ1) is 13.3. The maximum atomic E-state index is 12.3. The van der Waals surface area contributed by atoms with E-state index in [0.29, 0.717) is 12.0 Å². The summed E-state index contributed by atoms with van der Waals surface area (Å²) in [5.41, 5.74) is 1.24. The van der Waals surface area contributed by atoms with Crippen molar-refractivity contribution in [1.82, 2.24) is 4.57 Å². The summed E-state index contributed by atoms with van der Waals surface area (Å²) >= 11 is 0. The van der Waals surface area contributed by atoms with Crippen LogP contribution in [0.15, 0.2) is 16.9 Å². The molecule has 2 aliphatic rings. The number of aromatic nitrogens is 1. The minimum Gasteiger partial charge on any atom is -0.304 e. The van der Waals surface area contributed by atoms with E-state index in [-0.39, 0.29) is 29.6 Å². The van der Waals surface area contributed by atoms with Crippen molar-refractivity contribution in [3.8, 4) is 0 Å². The Labute approximate surface area is 117 Å². The standard InChI is InChI=1S/C16H19NO3/c18-14-7-3-6-13-12(14)8-9-16(20)17(13)10-15(19)11-4-1-2-5-11/h8-9,11H,1-7,10H2. The number of hydrogen-bond acceptors (Lipinski definition) is 3. The summed E-state index contributed by atoms with van der Waals surface area (Å²) in [5, 5.41) is 0. The summed E-state index contributed by atoms with van der Waals surface area (Å²) in [4.78, 5) is 36.2. The SMILES string of the molecule is O=C1CCCc2c1ccc(=O)n2CC(=O)C1CCCC1. The smallest absolute Gasteiger partial charge is 0.251 e. The third-order valence-electron chi connectivity index (χ3n) is 4.54. The van der Waals surface area contributed by atoms with Gasteiger partial charge in [-0.3, -0.25) is 14.4 Å². The van der Waals surface area contributed by atoms with Gasteiger partial charge in [-0.2, -0.15) is 0 Å². The van der Waals surface area contributed by atoms with Crippen molar-refractivity contribution in [2.45, 2.75) is 51.5 Å². The van der Waals surface area contributed by atoms with Crippen LogP contribution in [0.4, 0.5) is 0 Å². The number of ketones is 2. The number of hydrogen-bond donors (Lipinski definition) is 0. The van der Waals surface area contributed by atoms with Crippen molar-refractivity contribution in [3.05, 3.63) is 33.7 Å². The number of carbonyl (C=O) groups is 2. The van der Waals surface area contributed by atoms with E-state index in [4.69, 9.17) is 0 Å². The first-order valence-electron chi connectivity index (χ1n) is 7.45. The molecule has 0 spiro atoms. The molecule has 0 N–H and O–H groups in total. The molecule has 1 saturated carbocycles. The summed E-state index contributed by atoms with van der Waals surface area (Å²) in [7, 11) is 0. The van der Waals surface area contributed by atoms with Crippen LogP contribution < -0.4 is 5.56 Å². The molecule has 1 aromatic heterocycles. The van der Waals surface area contributed by atoms with Gasteiger partial charge in [0.1, 0.15) is 0 Å². The van der Waals surface area contributed by atoms with Crippen molar-refractivity contribution in [2.24, 2.45) is 5.92 Å². The van der Waals surface area contributed by atoms with Crippen LogP contribution in [-0.4, -0.2) is 16.1 Å². The molecule has 0 aromatic carbocycles. The Morgan fingerprint density at radius 3 is 2.60 bits per heavy atom. The first-order valence-corrected chi connectivity index (χ1v) is 7.45. The fraction of sp³-hybridized carbons (Fsp3) is 0.562. The molecule has 20 heavy (non-hydrogen) atoms. The average molecular weight is 273 g/mol. The molecule has 0 saturated heterocycles. The zero-order valence-corrected chi connectivity index (χ0v) is 11.6. The topological polar surface area (TPSA) is 56.1 Å². The predicted octanol–water partition coefficient (Wildman–Crippen LogP) is 2.13. The molecule has 1 heterocycles. The highest BCUT2D eigenvalue weighted by atomic mass is 16.1. The van der Waals surface area contributed by atoms with E-state index in [1.54, 1.807) is 6.07 Å². The van der Waals surface area contributed by atoms with Gasteiger partial charge in [-0.1, -0.05) is 12.8 Å². The Balaban J connectivity index is 1.92. The number of rotatable bonds is 3. The molecule has 0 amide bonds. The van der Waals surface area contributed by atoms with Crippen LogP contribution in [0.2, 0.25) is 0 Å². The van der Waals surface area contributed by atoms with E-state index in [1.807, 2.05) is 0 Å². The van der Waals surface area contributed by atoms with Crippen LogP contribution in [0.3, 0.4) is 0 Å². The molecular weight excluding hydrogens is 254 g/mol. The average Bonchev–Trinajstić information content (AvgIpc) is 2.96. The molecule has 0 bridgehead atoms. The van der Waals surface area contributed by atoms with Gasteiger partial charge in [0.05, 0.1) is 6.54 Å². The number of Topliss-reactive ketones (excluding diaryl/α,β-unsaturated/α-hetero) is 2. The highest BCUT2D eigenvalue weighted by Crippen LogP contribution is 2.26. The van der Waals surface area contributed by atoms with Gasteiger partial charge in [-0.15, -0.1) is 0 Å². The summed E-state index contributed by atoms with van der Waals surface area (Å²) in [6.07, 6.45) is 6.14.